The molecule has 118 valence electrons. The van der Waals surface area contributed by atoms with Crippen molar-refractivity contribution in [2.45, 2.75) is 84.5 Å². The van der Waals surface area contributed by atoms with E-state index in [4.69, 9.17) is 0 Å². The molecule has 0 heteroatoms. The van der Waals surface area contributed by atoms with Crippen LogP contribution in [0.4, 0.5) is 0 Å². The molecular formula is C21H34. The number of hydrogen-bond donors (Lipinski definition) is 0. The largest absolute Gasteiger partial charge is 0.103 e. The van der Waals surface area contributed by atoms with E-state index in [0.717, 1.165) is 12.8 Å². The molecule has 0 aliphatic heterocycles. The lowest BCUT2D eigenvalue weighted by Crippen LogP contribution is -2.22. The van der Waals surface area contributed by atoms with Gasteiger partial charge in [0.05, 0.1) is 0 Å². The number of allylic oxidation sites excluding steroid dienone is 1. The molecule has 0 bridgehead atoms. The van der Waals surface area contributed by atoms with E-state index in [1.807, 2.05) is 6.08 Å². The molecule has 0 atom stereocenters. The fourth-order valence-electron chi connectivity index (χ4n) is 2.68. The monoisotopic (exact) mass is 286 g/mol. The second-order valence-corrected chi connectivity index (χ2v) is 7.53. The Kier molecular flexibility index (Phi) is 6.25. The first-order chi connectivity index (χ1) is 9.78. The zero-order valence-corrected chi connectivity index (χ0v) is 15.1. The Hall–Kier alpha value is -1.04. The molecule has 0 fully saturated rings. The fourth-order valence-corrected chi connectivity index (χ4v) is 2.68. The maximum absolute atomic E-state index is 3.84. The molecule has 1 aromatic carbocycles. The SMILES string of the molecule is C=CCCCc1ccc(C(C)(C)CC)cc1C(C)(C)CC. The zero-order chi connectivity index (χ0) is 16.1. The van der Waals surface area contributed by atoms with Gasteiger partial charge in [-0.15, -0.1) is 6.58 Å². The highest BCUT2D eigenvalue weighted by molar-refractivity contribution is 5.40. The Morgan fingerprint density at radius 3 is 2.14 bits per heavy atom. The number of aryl methyl sites for hydroxylation is 1. The van der Waals surface area contributed by atoms with E-state index in [2.05, 4.69) is 66.3 Å². The summed E-state index contributed by atoms with van der Waals surface area (Å²) in [7, 11) is 0. The van der Waals surface area contributed by atoms with Gasteiger partial charge < -0.3 is 0 Å². The normalized spacial score (nSPS) is 12.5. The van der Waals surface area contributed by atoms with Gasteiger partial charge in [0.2, 0.25) is 0 Å². The highest BCUT2D eigenvalue weighted by Crippen LogP contribution is 2.35. The van der Waals surface area contributed by atoms with E-state index >= 15 is 0 Å². The van der Waals surface area contributed by atoms with Gasteiger partial charge in [-0.25, -0.2) is 0 Å². The van der Waals surface area contributed by atoms with Crippen LogP contribution in [0.5, 0.6) is 0 Å². The van der Waals surface area contributed by atoms with Crippen molar-refractivity contribution in [1.29, 1.82) is 0 Å². The molecule has 21 heavy (non-hydrogen) atoms. The molecule has 0 saturated carbocycles. The van der Waals surface area contributed by atoms with Crippen LogP contribution in [0, 0.1) is 0 Å². The first kappa shape index (κ1) is 18.0. The maximum Gasteiger partial charge on any atom is -0.0103 e. The van der Waals surface area contributed by atoms with Crippen molar-refractivity contribution in [3.63, 3.8) is 0 Å². The van der Waals surface area contributed by atoms with Crippen LogP contribution in [-0.2, 0) is 17.3 Å². The molecule has 0 aliphatic rings. The highest BCUT2D eigenvalue weighted by atomic mass is 14.3. The molecule has 0 heterocycles. The summed E-state index contributed by atoms with van der Waals surface area (Å²) in [5.41, 5.74) is 5.07. The predicted molar refractivity (Wildman–Crippen MR) is 96.2 cm³/mol. The summed E-state index contributed by atoms with van der Waals surface area (Å²) in [5, 5.41) is 0. The minimum absolute atomic E-state index is 0.253. The Morgan fingerprint density at radius 1 is 1.00 bits per heavy atom. The predicted octanol–water partition coefficient (Wildman–Crippen LogP) is 6.57. The minimum atomic E-state index is 0.253. The van der Waals surface area contributed by atoms with Gasteiger partial charge in [0.1, 0.15) is 0 Å². The first-order valence-electron chi connectivity index (χ1n) is 8.53. The molecule has 1 aromatic rings. The quantitative estimate of drug-likeness (QED) is 0.374. The van der Waals surface area contributed by atoms with Gasteiger partial charge in [0, 0.05) is 0 Å². The van der Waals surface area contributed by atoms with Crippen LogP contribution in [0.15, 0.2) is 30.9 Å². The Morgan fingerprint density at radius 2 is 1.62 bits per heavy atom. The van der Waals surface area contributed by atoms with Gasteiger partial charge >= 0.3 is 0 Å². The van der Waals surface area contributed by atoms with E-state index in [0.29, 0.717) is 0 Å². The van der Waals surface area contributed by atoms with Crippen LogP contribution in [0.25, 0.3) is 0 Å². The molecule has 0 aromatic heterocycles. The summed E-state index contributed by atoms with van der Waals surface area (Å²) in [6.07, 6.45) is 7.85. The van der Waals surface area contributed by atoms with E-state index < -0.39 is 0 Å². The number of benzene rings is 1. The molecule has 0 spiro atoms. The first-order valence-corrected chi connectivity index (χ1v) is 8.53. The molecule has 0 amide bonds. The van der Waals surface area contributed by atoms with Gasteiger partial charge in [-0.2, -0.15) is 0 Å². The van der Waals surface area contributed by atoms with Crippen LogP contribution in [0.2, 0.25) is 0 Å². The Balaban J connectivity index is 3.23. The van der Waals surface area contributed by atoms with Crippen LogP contribution in [-0.4, -0.2) is 0 Å². The van der Waals surface area contributed by atoms with Gasteiger partial charge in [0.25, 0.3) is 0 Å². The average Bonchev–Trinajstić information content (AvgIpc) is 2.47. The molecule has 1 rings (SSSR count). The van der Waals surface area contributed by atoms with Crippen molar-refractivity contribution in [1.82, 2.24) is 0 Å². The van der Waals surface area contributed by atoms with Gasteiger partial charge in [-0.1, -0.05) is 65.8 Å². The topological polar surface area (TPSA) is 0 Å². The van der Waals surface area contributed by atoms with Crippen LogP contribution >= 0.6 is 0 Å². The third kappa shape index (κ3) is 4.46. The molecule has 0 radical (unpaired) electrons. The molecule has 0 nitrogen and oxygen atoms in total. The third-order valence-electron chi connectivity index (χ3n) is 5.24. The fraction of sp³-hybridized carbons (Fsp3) is 0.619. The lowest BCUT2D eigenvalue weighted by atomic mass is 9.74. The Bertz CT molecular complexity index is 463. The van der Waals surface area contributed by atoms with E-state index in [1.54, 1.807) is 5.56 Å². The standard InChI is InChI=1S/C21H34/c1-8-11-12-13-17-14-15-18(20(4,5)9-2)16-19(17)21(6,7)10-3/h8,14-16H,1,9-13H2,2-7H3. The summed E-state index contributed by atoms with van der Waals surface area (Å²) in [6, 6.07) is 7.21. The van der Waals surface area contributed by atoms with Gasteiger partial charge in [-0.05, 0) is 59.6 Å². The molecular weight excluding hydrogens is 252 g/mol. The van der Waals surface area contributed by atoms with Gasteiger partial charge in [0.15, 0.2) is 0 Å². The van der Waals surface area contributed by atoms with Gasteiger partial charge in [-0.3, -0.25) is 0 Å². The minimum Gasteiger partial charge on any atom is -0.103 e. The summed E-state index contributed by atoms with van der Waals surface area (Å²) >= 11 is 0. The van der Waals surface area contributed by atoms with Crippen molar-refractivity contribution in [2.75, 3.05) is 0 Å². The second kappa shape index (κ2) is 7.29. The van der Waals surface area contributed by atoms with Crippen molar-refractivity contribution < 1.29 is 0 Å². The van der Waals surface area contributed by atoms with Crippen molar-refractivity contribution in [2.24, 2.45) is 0 Å². The highest BCUT2D eigenvalue weighted by Gasteiger charge is 2.25. The summed E-state index contributed by atoms with van der Waals surface area (Å²) in [4.78, 5) is 0. The maximum atomic E-state index is 3.84. The lowest BCUT2D eigenvalue weighted by molar-refractivity contribution is 0.484. The zero-order valence-electron chi connectivity index (χ0n) is 15.1. The summed E-state index contributed by atoms with van der Waals surface area (Å²) in [5.74, 6) is 0. The van der Waals surface area contributed by atoms with Crippen molar-refractivity contribution in [3.05, 3.63) is 47.5 Å². The average molecular weight is 287 g/mol. The molecule has 0 aliphatic carbocycles. The third-order valence-corrected chi connectivity index (χ3v) is 5.24. The number of rotatable bonds is 8. The molecule has 0 unspecified atom stereocenters. The second-order valence-electron chi connectivity index (χ2n) is 7.53. The summed E-state index contributed by atoms with van der Waals surface area (Å²) < 4.78 is 0. The molecule has 0 saturated heterocycles. The van der Waals surface area contributed by atoms with Crippen molar-refractivity contribution >= 4 is 0 Å². The number of unbranched alkanes of at least 4 members (excludes halogenated alkanes) is 1. The van der Waals surface area contributed by atoms with E-state index in [1.165, 1.54) is 30.4 Å². The van der Waals surface area contributed by atoms with Crippen LogP contribution < -0.4 is 0 Å². The van der Waals surface area contributed by atoms with E-state index in [-0.39, 0.29) is 10.8 Å². The van der Waals surface area contributed by atoms with Crippen LogP contribution in [0.3, 0.4) is 0 Å². The van der Waals surface area contributed by atoms with Crippen LogP contribution in [0.1, 0.15) is 83.9 Å². The van der Waals surface area contributed by atoms with E-state index in [9.17, 15) is 0 Å². The smallest absolute Gasteiger partial charge is 0.0103 e. The summed E-state index contributed by atoms with van der Waals surface area (Å²) in [6.45, 7) is 17.9. The molecule has 0 N–H and O–H groups in total. The number of hydrogen-bond acceptors (Lipinski definition) is 0. The van der Waals surface area contributed by atoms with Crippen molar-refractivity contribution in [3.8, 4) is 0 Å². The Labute approximate surface area is 132 Å². The lowest BCUT2D eigenvalue weighted by Gasteiger charge is -2.31.